The Balaban J connectivity index is 2.37. The summed E-state index contributed by atoms with van der Waals surface area (Å²) in [5.41, 5.74) is 3.66. The first-order valence-electron chi connectivity index (χ1n) is 5.21. The molecule has 0 spiro atoms. The van der Waals surface area contributed by atoms with Crippen LogP contribution in [0.15, 0.2) is 12.1 Å². The molecule has 1 N–H and O–H groups in total. The van der Waals surface area contributed by atoms with Gasteiger partial charge in [-0.2, -0.15) is 0 Å². The maximum absolute atomic E-state index is 5.75. The Hall–Kier alpha value is -1.18. The first-order chi connectivity index (χ1) is 6.70. The number of hydrogen-bond donors (Lipinski definition) is 1. The molecule has 0 radical (unpaired) electrons. The smallest absolute Gasteiger partial charge is 0.145 e. The van der Waals surface area contributed by atoms with Crippen LogP contribution >= 0.6 is 0 Å². The minimum Gasteiger partial charge on any atom is -0.489 e. The SMILES string of the molecule is CCC1COc2c(C)cc(C)cc2N1. The van der Waals surface area contributed by atoms with Gasteiger partial charge in [0.25, 0.3) is 0 Å². The van der Waals surface area contributed by atoms with Gasteiger partial charge in [0.2, 0.25) is 0 Å². The molecule has 0 saturated carbocycles. The summed E-state index contributed by atoms with van der Waals surface area (Å²) in [5, 5.41) is 3.50. The zero-order valence-electron chi connectivity index (χ0n) is 9.05. The van der Waals surface area contributed by atoms with Crippen LogP contribution < -0.4 is 10.1 Å². The minimum atomic E-state index is 0.462. The predicted octanol–water partition coefficient (Wildman–Crippen LogP) is 2.89. The first kappa shape index (κ1) is 9.38. The second-order valence-electron chi connectivity index (χ2n) is 4.02. The number of hydrogen-bond acceptors (Lipinski definition) is 2. The third kappa shape index (κ3) is 1.57. The Morgan fingerprint density at radius 1 is 1.43 bits per heavy atom. The summed E-state index contributed by atoms with van der Waals surface area (Å²) in [4.78, 5) is 0. The lowest BCUT2D eigenvalue weighted by Crippen LogP contribution is -2.30. The van der Waals surface area contributed by atoms with Crippen molar-refractivity contribution in [3.8, 4) is 5.75 Å². The van der Waals surface area contributed by atoms with Crippen molar-refractivity contribution >= 4 is 5.69 Å². The Kier molecular flexibility index (Phi) is 2.36. The van der Waals surface area contributed by atoms with E-state index in [1.807, 2.05) is 0 Å². The maximum atomic E-state index is 5.75. The fourth-order valence-electron chi connectivity index (χ4n) is 1.92. The molecule has 14 heavy (non-hydrogen) atoms. The van der Waals surface area contributed by atoms with E-state index in [1.54, 1.807) is 0 Å². The summed E-state index contributed by atoms with van der Waals surface area (Å²) >= 11 is 0. The van der Waals surface area contributed by atoms with E-state index >= 15 is 0 Å². The molecule has 0 bridgehead atoms. The van der Waals surface area contributed by atoms with Crippen molar-refractivity contribution < 1.29 is 4.74 Å². The van der Waals surface area contributed by atoms with E-state index in [9.17, 15) is 0 Å². The monoisotopic (exact) mass is 191 g/mol. The Morgan fingerprint density at radius 2 is 2.21 bits per heavy atom. The number of fused-ring (bicyclic) bond motifs is 1. The van der Waals surface area contributed by atoms with Crippen molar-refractivity contribution in [2.45, 2.75) is 33.2 Å². The van der Waals surface area contributed by atoms with Crippen molar-refractivity contribution in [2.24, 2.45) is 0 Å². The Bertz CT molecular complexity index is 346. The molecule has 1 aromatic carbocycles. The van der Waals surface area contributed by atoms with Gasteiger partial charge >= 0.3 is 0 Å². The second-order valence-corrected chi connectivity index (χ2v) is 4.02. The lowest BCUT2D eigenvalue weighted by Gasteiger charge is -2.28. The Labute approximate surface area is 85.3 Å². The quantitative estimate of drug-likeness (QED) is 0.737. The molecule has 2 rings (SSSR count). The molecule has 1 unspecified atom stereocenters. The highest BCUT2D eigenvalue weighted by Crippen LogP contribution is 2.33. The van der Waals surface area contributed by atoms with Gasteiger partial charge in [0.05, 0.1) is 11.7 Å². The van der Waals surface area contributed by atoms with Crippen molar-refractivity contribution in [2.75, 3.05) is 11.9 Å². The molecule has 0 aromatic heterocycles. The number of ether oxygens (including phenoxy) is 1. The summed E-state index contributed by atoms with van der Waals surface area (Å²) in [5.74, 6) is 1.03. The van der Waals surface area contributed by atoms with Gasteiger partial charge in [-0.3, -0.25) is 0 Å². The maximum Gasteiger partial charge on any atom is 0.145 e. The van der Waals surface area contributed by atoms with Crippen LogP contribution in [0.3, 0.4) is 0 Å². The van der Waals surface area contributed by atoms with E-state index in [1.165, 1.54) is 11.1 Å². The molecular formula is C12H17NO. The van der Waals surface area contributed by atoms with Crippen molar-refractivity contribution in [1.82, 2.24) is 0 Å². The zero-order chi connectivity index (χ0) is 10.1. The standard InChI is InChI=1S/C12H17NO/c1-4-10-7-14-12-9(3)5-8(2)6-11(12)13-10/h5-6,10,13H,4,7H2,1-3H3. The summed E-state index contributed by atoms with van der Waals surface area (Å²) in [6, 6.07) is 4.78. The van der Waals surface area contributed by atoms with E-state index in [0.29, 0.717) is 6.04 Å². The van der Waals surface area contributed by atoms with E-state index in [-0.39, 0.29) is 0 Å². The normalized spacial score (nSPS) is 19.5. The molecule has 0 aliphatic carbocycles. The van der Waals surface area contributed by atoms with Gasteiger partial charge in [-0.25, -0.2) is 0 Å². The first-order valence-corrected chi connectivity index (χ1v) is 5.21. The van der Waals surface area contributed by atoms with Crippen LogP contribution in [0, 0.1) is 13.8 Å². The van der Waals surface area contributed by atoms with E-state index in [4.69, 9.17) is 4.74 Å². The fraction of sp³-hybridized carbons (Fsp3) is 0.500. The molecule has 0 saturated heterocycles. The molecule has 2 heteroatoms. The van der Waals surface area contributed by atoms with Gasteiger partial charge in [-0.05, 0) is 37.5 Å². The highest BCUT2D eigenvalue weighted by atomic mass is 16.5. The second kappa shape index (κ2) is 3.52. The van der Waals surface area contributed by atoms with E-state index < -0.39 is 0 Å². The lowest BCUT2D eigenvalue weighted by atomic mass is 10.1. The summed E-state index contributed by atoms with van der Waals surface area (Å²) in [6.45, 7) is 7.17. The van der Waals surface area contributed by atoms with Gasteiger partial charge in [0.15, 0.2) is 0 Å². The average Bonchev–Trinajstić information content (AvgIpc) is 2.16. The molecule has 1 heterocycles. The molecule has 2 nitrogen and oxygen atoms in total. The number of anilines is 1. The lowest BCUT2D eigenvalue weighted by molar-refractivity contribution is 0.279. The van der Waals surface area contributed by atoms with Crippen LogP contribution in [0.25, 0.3) is 0 Å². The molecule has 0 amide bonds. The summed E-state index contributed by atoms with van der Waals surface area (Å²) in [7, 11) is 0. The fourth-order valence-corrected chi connectivity index (χ4v) is 1.92. The van der Waals surface area contributed by atoms with Crippen LogP contribution in [0.2, 0.25) is 0 Å². The van der Waals surface area contributed by atoms with Crippen LogP contribution in [0.5, 0.6) is 5.75 Å². The van der Waals surface area contributed by atoms with Gasteiger partial charge in [-0.15, -0.1) is 0 Å². The highest BCUT2D eigenvalue weighted by molar-refractivity contribution is 5.63. The number of benzene rings is 1. The predicted molar refractivity (Wildman–Crippen MR) is 59.1 cm³/mol. The molecule has 76 valence electrons. The summed E-state index contributed by atoms with van der Waals surface area (Å²) < 4.78 is 5.75. The third-order valence-corrected chi connectivity index (χ3v) is 2.70. The number of aryl methyl sites for hydroxylation is 2. The van der Waals surface area contributed by atoms with Crippen molar-refractivity contribution in [3.05, 3.63) is 23.3 Å². The minimum absolute atomic E-state index is 0.462. The van der Waals surface area contributed by atoms with Gasteiger partial charge in [-0.1, -0.05) is 13.0 Å². The molecule has 1 aromatic rings. The molecule has 0 fully saturated rings. The van der Waals surface area contributed by atoms with Crippen LogP contribution in [-0.2, 0) is 0 Å². The molecule has 1 aliphatic rings. The zero-order valence-corrected chi connectivity index (χ0v) is 9.05. The van der Waals surface area contributed by atoms with E-state index in [2.05, 4.69) is 38.2 Å². The van der Waals surface area contributed by atoms with Crippen LogP contribution in [0.4, 0.5) is 5.69 Å². The van der Waals surface area contributed by atoms with Gasteiger partial charge < -0.3 is 10.1 Å². The number of rotatable bonds is 1. The summed E-state index contributed by atoms with van der Waals surface area (Å²) in [6.07, 6.45) is 1.10. The van der Waals surface area contributed by atoms with Gasteiger partial charge in [0.1, 0.15) is 12.4 Å². The average molecular weight is 191 g/mol. The number of nitrogens with one attached hydrogen (secondary N) is 1. The van der Waals surface area contributed by atoms with Crippen molar-refractivity contribution in [3.63, 3.8) is 0 Å². The van der Waals surface area contributed by atoms with Crippen LogP contribution in [0.1, 0.15) is 24.5 Å². The van der Waals surface area contributed by atoms with E-state index in [0.717, 1.165) is 24.5 Å². The third-order valence-electron chi connectivity index (χ3n) is 2.70. The largest absolute Gasteiger partial charge is 0.489 e. The molecule has 1 aliphatic heterocycles. The Morgan fingerprint density at radius 3 is 2.93 bits per heavy atom. The van der Waals surface area contributed by atoms with Gasteiger partial charge in [0, 0.05) is 0 Å². The highest BCUT2D eigenvalue weighted by Gasteiger charge is 2.18. The molecular weight excluding hydrogens is 174 g/mol. The topological polar surface area (TPSA) is 21.3 Å². The van der Waals surface area contributed by atoms with Crippen LogP contribution in [-0.4, -0.2) is 12.6 Å². The van der Waals surface area contributed by atoms with Crippen molar-refractivity contribution in [1.29, 1.82) is 0 Å². The molecule has 1 atom stereocenters.